The van der Waals surface area contributed by atoms with Crippen molar-refractivity contribution < 1.29 is 19.2 Å². The van der Waals surface area contributed by atoms with Crippen LogP contribution in [0.5, 0.6) is 0 Å². The molecule has 0 fully saturated rings. The Balaban J connectivity index is 1.81. The molecule has 0 saturated carbocycles. The van der Waals surface area contributed by atoms with E-state index in [2.05, 4.69) is 4.98 Å². The minimum atomic E-state index is -0.828. The van der Waals surface area contributed by atoms with E-state index in [1.54, 1.807) is 17.5 Å². The Morgan fingerprint density at radius 2 is 1.70 bits per heavy atom. The van der Waals surface area contributed by atoms with E-state index < -0.39 is 17.8 Å². The lowest BCUT2D eigenvalue weighted by Crippen LogP contribution is -2.32. The fraction of sp³-hybridized carbons (Fsp3) is 0.250. The number of hydrogen-bond donors (Lipinski definition) is 0. The average Bonchev–Trinajstić information content (AvgIpc) is 3.08. The van der Waals surface area contributed by atoms with Crippen molar-refractivity contribution in [3.05, 3.63) is 51.5 Å². The molecule has 2 heterocycles. The Labute approximate surface area is 136 Å². The number of amides is 2. The molecular weight excluding hydrogens is 316 g/mol. The molecule has 1 aliphatic heterocycles. The molecule has 1 aromatic carbocycles. The lowest BCUT2D eigenvalue weighted by Gasteiger charge is -2.14. The van der Waals surface area contributed by atoms with E-state index in [0.29, 0.717) is 5.06 Å². The Morgan fingerprint density at radius 1 is 1.13 bits per heavy atom. The van der Waals surface area contributed by atoms with Gasteiger partial charge in [-0.2, -0.15) is 0 Å². The van der Waals surface area contributed by atoms with Gasteiger partial charge in [-0.15, -0.1) is 11.3 Å². The number of hydrogen-bond acceptors (Lipinski definition) is 6. The smallest absolute Gasteiger partial charge is 0.322 e. The number of rotatable bonds is 2. The second-order valence-corrected chi connectivity index (χ2v) is 6.98. The standard InChI is InChI=1S/C16H14N2O4S/c1-16(2,3)15-17-11(8-23-15)14(21)22-18-12(19)9-6-4-5-7-10(9)13(18)20/h4-8H,1-3H3. The van der Waals surface area contributed by atoms with Crippen LogP contribution in [-0.4, -0.2) is 27.8 Å². The maximum atomic E-state index is 12.2. The Hall–Kier alpha value is -2.54. The highest BCUT2D eigenvalue weighted by Gasteiger charge is 2.39. The van der Waals surface area contributed by atoms with E-state index in [-0.39, 0.29) is 22.2 Å². The first kappa shape index (κ1) is 15.4. The number of nitrogens with zero attached hydrogens (tertiary/aromatic N) is 2. The maximum Gasteiger partial charge on any atom is 0.383 e. The zero-order valence-electron chi connectivity index (χ0n) is 12.8. The molecule has 23 heavy (non-hydrogen) atoms. The van der Waals surface area contributed by atoms with Crippen LogP contribution in [-0.2, 0) is 10.3 Å². The fourth-order valence-electron chi connectivity index (χ4n) is 2.09. The van der Waals surface area contributed by atoms with Crippen LogP contribution in [0.25, 0.3) is 0 Å². The lowest BCUT2D eigenvalue weighted by molar-refractivity contribution is -0.0588. The molecule has 1 aliphatic rings. The molecule has 0 bridgehead atoms. The van der Waals surface area contributed by atoms with Crippen molar-refractivity contribution in [2.75, 3.05) is 0 Å². The van der Waals surface area contributed by atoms with Gasteiger partial charge in [-0.05, 0) is 12.1 Å². The van der Waals surface area contributed by atoms with E-state index in [4.69, 9.17) is 4.84 Å². The van der Waals surface area contributed by atoms with Gasteiger partial charge in [0.05, 0.1) is 16.1 Å². The van der Waals surface area contributed by atoms with Crippen molar-refractivity contribution in [3.8, 4) is 0 Å². The number of benzene rings is 1. The summed E-state index contributed by atoms with van der Waals surface area (Å²) in [5, 5.41) is 2.82. The summed E-state index contributed by atoms with van der Waals surface area (Å²) < 4.78 is 0. The Kier molecular flexibility index (Phi) is 3.52. The third-order valence-corrected chi connectivity index (χ3v) is 4.55. The zero-order valence-corrected chi connectivity index (χ0v) is 13.6. The van der Waals surface area contributed by atoms with Gasteiger partial charge in [0, 0.05) is 10.8 Å². The molecule has 0 unspecified atom stereocenters. The summed E-state index contributed by atoms with van der Waals surface area (Å²) in [7, 11) is 0. The van der Waals surface area contributed by atoms with Crippen LogP contribution in [0.4, 0.5) is 0 Å². The molecule has 0 saturated heterocycles. The van der Waals surface area contributed by atoms with Crippen LogP contribution in [0.15, 0.2) is 29.6 Å². The molecule has 0 aliphatic carbocycles. The summed E-state index contributed by atoms with van der Waals surface area (Å²) >= 11 is 1.33. The van der Waals surface area contributed by atoms with Crippen molar-refractivity contribution in [1.82, 2.24) is 10.0 Å². The summed E-state index contributed by atoms with van der Waals surface area (Å²) in [6.07, 6.45) is 0. The van der Waals surface area contributed by atoms with Crippen LogP contribution >= 0.6 is 11.3 Å². The number of thiazole rings is 1. The molecule has 0 radical (unpaired) electrons. The van der Waals surface area contributed by atoms with Gasteiger partial charge in [-0.3, -0.25) is 9.59 Å². The molecule has 1 aromatic heterocycles. The molecule has 2 amide bonds. The summed E-state index contributed by atoms with van der Waals surface area (Å²) in [6.45, 7) is 5.93. The van der Waals surface area contributed by atoms with Crippen molar-refractivity contribution in [1.29, 1.82) is 0 Å². The lowest BCUT2D eigenvalue weighted by atomic mass is 9.98. The number of carbonyl (C=O) groups is 3. The van der Waals surface area contributed by atoms with E-state index in [9.17, 15) is 14.4 Å². The molecule has 0 spiro atoms. The highest BCUT2D eigenvalue weighted by Crippen LogP contribution is 2.27. The van der Waals surface area contributed by atoms with Crippen LogP contribution in [0.2, 0.25) is 0 Å². The largest absolute Gasteiger partial charge is 0.383 e. The van der Waals surface area contributed by atoms with Gasteiger partial charge in [0.1, 0.15) is 0 Å². The molecular formula is C16H14N2O4S. The second kappa shape index (κ2) is 5.27. The quantitative estimate of drug-likeness (QED) is 0.791. The minimum absolute atomic E-state index is 0.0801. The predicted octanol–water partition coefficient (Wildman–Crippen LogP) is 2.81. The molecule has 0 atom stereocenters. The SMILES string of the molecule is CC(C)(C)c1nc(C(=O)ON2C(=O)c3ccccc3C2=O)cs1. The summed E-state index contributed by atoms with van der Waals surface area (Å²) in [6, 6.07) is 6.32. The van der Waals surface area contributed by atoms with Gasteiger partial charge in [-0.25, -0.2) is 9.78 Å². The molecule has 6 nitrogen and oxygen atoms in total. The van der Waals surface area contributed by atoms with E-state index in [1.165, 1.54) is 23.5 Å². The first-order chi connectivity index (χ1) is 10.8. The van der Waals surface area contributed by atoms with Crippen molar-refractivity contribution in [3.63, 3.8) is 0 Å². The predicted molar refractivity (Wildman–Crippen MR) is 83.2 cm³/mol. The molecule has 118 valence electrons. The highest BCUT2D eigenvalue weighted by atomic mass is 32.1. The first-order valence-electron chi connectivity index (χ1n) is 6.95. The summed E-state index contributed by atoms with van der Waals surface area (Å²) in [4.78, 5) is 45.6. The van der Waals surface area contributed by atoms with Gasteiger partial charge in [0.15, 0.2) is 5.69 Å². The van der Waals surface area contributed by atoms with Crippen molar-refractivity contribution >= 4 is 29.1 Å². The third-order valence-electron chi connectivity index (χ3n) is 3.29. The Bertz CT molecular complexity index is 784. The van der Waals surface area contributed by atoms with E-state index >= 15 is 0 Å². The monoisotopic (exact) mass is 330 g/mol. The Morgan fingerprint density at radius 3 is 2.17 bits per heavy atom. The molecule has 0 N–H and O–H groups in total. The minimum Gasteiger partial charge on any atom is -0.322 e. The third kappa shape index (κ3) is 2.63. The molecule has 3 rings (SSSR count). The maximum absolute atomic E-state index is 12.2. The number of aromatic nitrogens is 1. The molecule has 2 aromatic rings. The van der Waals surface area contributed by atoms with Crippen LogP contribution in [0.1, 0.15) is 57.0 Å². The van der Waals surface area contributed by atoms with Gasteiger partial charge < -0.3 is 4.84 Å². The fourth-order valence-corrected chi connectivity index (χ4v) is 2.97. The summed E-state index contributed by atoms with van der Waals surface area (Å²) in [5.41, 5.74) is 0.327. The summed E-state index contributed by atoms with van der Waals surface area (Å²) in [5.74, 6) is -2.12. The zero-order chi connectivity index (χ0) is 16.8. The number of carbonyl (C=O) groups excluding carboxylic acids is 3. The normalized spacial score (nSPS) is 14.1. The first-order valence-corrected chi connectivity index (χ1v) is 7.83. The number of imide groups is 1. The topological polar surface area (TPSA) is 76.6 Å². The number of hydroxylamine groups is 2. The number of fused-ring (bicyclic) bond motifs is 1. The van der Waals surface area contributed by atoms with E-state index in [0.717, 1.165) is 5.01 Å². The van der Waals surface area contributed by atoms with Crippen LogP contribution in [0.3, 0.4) is 0 Å². The van der Waals surface area contributed by atoms with Gasteiger partial charge in [0.25, 0.3) is 11.8 Å². The second-order valence-electron chi connectivity index (χ2n) is 6.12. The highest BCUT2D eigenvalue weighted by molar-refractivity contribution is 7.10. The van der Waals surface area contributed by atoms with Gasteiger partial charge in [-0.1, -0.05) is 38.0 Å². The van der Waals surface area contributed by atoms with Gasteiger partial charge >= 0.3 is 5.97 Å². The van der Waals surface area contributed by atoms with Gasteiger partial charge in [0.2, 0.25) is 0 Å². The molecule has 7 heteroatoms. The van der Waals surface area contributed by atoms with Crippen LogP contribution in [0, 0.1) is 0 Å². The van der Waals surface area contributed by atoms with Crippen molar-refractivity contribution in [2.45, 2.75) is 26.2 Å². The average molecular weight is 330 g/mol. The van der Waals surface area contributed by atoms with Crippen molar-refractivity contribution in [2.24, 2.45) is 0 Å². The van der Waals surface area contributed by atoms with Crippen LogP contribution < -0.4 is 0 Å². The van der Waals surface area contributed by atoms with E-state index in [1.807, 2.05) is 20.8 Å².